The molecule has 1 saturated heterocycles. The van der Waals surface area contributed by atoms with Gasteiger partial charge in [0.15, 0.2) is 0 Å². The maximum atomic E-state index is 14.1. The zero-order chi connectivity index (χ0) is 20.8. The standard InChI is InChI=1S/C24H26N2O3S/c1-28-22-7-5-20(6-8-22)24(10-13-29-14-11-24)23(27)26(16-19-9-15-30-18-19)17-21-4-2-3-12-25-21/h2-9,12,15,18H,10-11,13-14,16-17H2,1H3. The molecule has 1 aliphatic heterocycles. The number of pyridine rings is 1. The van der Waals surface area contributed by atoms with Gasteiger partial charge in [-0.15, -0.1) is 0 Å². The second-order valence-electron chi connectivity index (χ2n) is 7.54. The number of nitrogens with zero attached hydrogens (tertiary/aromatic N) is 2. The Morgan fingerprint density at radius 2 is 1.93 bits per heavy atom. The fourth-order valence-electron chi connectivity index (χ4n) is 4.05. The molecule has 1 aromatic carbocycles. The lowest BCUT2D eigenvalue weighted by atomic mass is 9.73. The molecule has 0 saturated carbocycles. The number of hydrogen-bond donors (Lipinski definition) is 0. The molecule has 3 aromatic rings. The summed E-state index contributed by atoms with van der Waals surface area (Å²) in [6.45, 7) is 2.20. The van der Waals surface area contributed by atoms with Gasteiger partial charge in [-0.3, -0.25) is 9.78 Å². The molecule has 6 heteroatoms. The summed E-state index contributed by atoms with van der Waals surface area (Å²) < 4.78 is 11.0. The van der Waals surface area contributed by atoms with Crippen molar-refractivity contribution in [2.45, 2.75) is 31.3 Å². The Kier molecular flexibility index (Phi) is 6.45. The first-order chi connectivity index (χ1) is 14.7. The summed E-state index contributed by atoms with van der Waals surface area (Å²) in [6, 6.07) is 15.8. The number of carbonyl (C=O) groups is 1. The first kappa shape index (κ1) is 20.6. The van der Waals surface area contributed by atoms with Crippen LogP contribution < -0.4 is 4.74 Å². The van der Waals surface area contributed by atoms with Crippen LogP contribution >= 0.6 is 11.3 Å². The van der Waals surface area contributed by atoms with Crippen LogP contribution in [0.15, 0.2) is 65.5 Å². The molecular weight excluding hydrogens is 396 g/mol. The first-order valence-corrected chi connectivity index (χ1v) is 11.1. The maximum absolute atomic E-state index is 14.1. The van der Waals surface area contributed by atoms with Crippen molar-refractivity contribution in [1.82, 2.24) is 9.88 Å². The summed E-state index contributed by atoms with van der Waals surface area (Å²) in [6.07, 6.45) is 3.11. The summed E-state index contributed by atoms with van der Waals surface area (Å²) in [5, 5.41) is 4.15. The van der Waals surface area contributed by atoms with E-state index in [1.165, 1.54) is 0 Å². The van der Waals surface area contributed by atoms with E-state index in [2.05, 4.69) is 16.4 Å². The number of methoxy groups -OCH3 is 1. The van der Waals surface area contributed by atoms with Gasteiger partial charge in [-0.05, 0) is 65.1 Å². The van der Waals surface area contributed by atoms with Crippen LogP contribution in [0.4, 0.5) is 0 Å². The number of thiophene rings is 1. The molecule has 0 radical (unpaired) electrons. The van der Waals surface area contributed by atoms with Crippen LogP contribution in [0.5, 0.6) is 5.75 Å². The van der Waals surface area contributed by atoms with Crippen molar-refractivity contribution in [3.63, 3.8) is 0 Å². The van der Waals surface area contributed by atoms with Crippen LogP contribution in [-0.4, -0.2) is 36.1 Å². The van der Waals surface area contributed by atoms with Crippen molar-refractivity contribution >= 4 is 17.2 Å². The molecule has 30 heavy (non-hydrogen) atoms. The molecule has 0 aliphatic carbocycles. The Hall–Kier alpha value is -2.70. The summed E-state index contributed by atoms with van der Waals surface area (Å²) >= 11 is 1.65. The molecule has 0 bridgehead atoms. The minimum absolute atomic E-state index is 0.132. The van der Waals surface area contributed by atoms with Crippen LogP contribution in [0.1, 0.15) is 29.7 Å². The Morgan fingerprint density at radius 3 is 2.57 bits per heavy atom. The summed E-state index contributed by atoms with van der Waals surface area (Å²) in [5.41, 5.74) is 2.45. The number of amides is 1. The molecule has 0 N–H and O–H groups in total. The highest BCUT2D eigenvalue weighted by molar-refractivity contribution is 7.07. The highest BCUT2D eigenvalue weighted by atomic mass is 32.1. The molecule has 0 unspecified atom stereocenters. The zero-order valence-corrected chi connectivity index (χ0v) is 17.9. The number of benzene rings is 1. The van der Waals surface area contributed by atoms with Crippen molar-refractivity contribution < 1.29 is 14.3 Å². The van der Waals surface area contributed by atoms with Gasteiger partial charge in [-0.1, -0.05) is 18.2 Å². The van der Waals surface area contributed by atoms with E-state index in [0.29, 0.717) is 39.1 Å². The molecule has 3 heterocycles. The normalized spacial score (nSPS) is 15.5. The summed E-state index contributed by atoms with van der Waals surface area (Å²) in [4.78, 5) is 20.5. The van der Waals surface area contributed by atoms with Gasteiger partial charge in [-0.25, -0.2) is 0 Å². The van der Waals surface area contributed by atoms with E-state index in [0.717, 1.165) is 22.6 Å². The Balaban J connectivity index is 1.69. The molecule has 2 aromatic heterocycles. The largest absolute Gasteiger partial charge is 0.497 e. The number of hydrogen-bond acceptors (Lipinski definition) is 5. The van der Waals surface area contributed by atoms with Crippen molar-refractivity contribution in [2.24, 2.45) is 0 Å². The fourth-order valence-corrected chi connectivity index (χ4v) is 4.71. The summed E-state index contributed by atoms with van der Waals surface area (Å²) in [5.74, 6) is 0.921. The van der Waals surface area contributed by atoms with Gasteiger partial charge in [0.1, 0.15) is 5.75 Å². The van der Waals surface area contributed by atoms with E-state index in [1.54, 1.807) is 24.6 Å². The van der Waals surface area contributed by atoms with Crippen LogP contribution in [0, 0.1) is 0 Å². The van der Waals surface area contributed by atoms with Crippen molar-refractivity contribution in [3.8, 4) is 5.75 Å². The third-order valence-corrected chi connectivity index (χ3v) is 6.45. The summed E-state index contributed by atoms with van der Waals surface area (Å²) in [7, 11) is 1.65. The highest BCUT2D eigenvalue weighted by Crippen LogP contribution is 2.38. The van der Waals surface area contributed by atoms with Gasteiger partial charge in [0.2, 0.25) is 5.91 Å². The smallest absolute Gasteiger partial charge is 0.234 e. The third kappa shape index (κ3) is 4.40. The highest BCUT2D eigenvalue weighted by Gasteiger charge is 2.44. The van der Waals surface area contributed by atoms with Gasteiger partial charge < -0.3 is 14.4 Å². The predicted molar refractivity (Wildman–Crippen MR) is 118 cm³/mol. The van der Waals surface area contributed by atoms with E-state index < -0.39 is 5.41 Å². The van der Waals surface area contributed by atoms with Gasteiger partial charge in [0.05, 0.1) is 24.8 Å². The van der Waals surface area contributed by atoms with E-state index in [1.807, 2.05) is 52.7 Å². The van der Waals surface area contributed by atoms with Gasteiger partial charge >= 0.3 is 0 Å². The average Bonchev–Trinajstić information content (AvgIpc) is 3.32. The second-order valence-corrected chi connectivity index (χ2v) is 8.32. The molecule has 5 nitrogen and oxygen atoms in total. The minimum atomic E-state index is -0.602. The predicted octanol–water partition coefficient (Wildman–Crippen LogP) is 4.43. The second kappa shape index (κ2) is 9.41. The van der Waals surface area contributed by atoms with E-state index in [4.69, 9.17) is 9.47 Å². The molecule has 4 rings (SSSR count). The molecule has 1 fully saturated rings. The monoisotopic (exact) mass is 422 g/mol. The molecular formula is C24H26N2O3S. The topological polar surface area (TPSA) is 51.7 Å². The van der Waals surface area contributed by atoms with Crippen LogP contribution in [0.3, 0.4) is 0 Å². The van der Waals surface area contributed by atoms with Crippen LogP contribution in [-0.2, 0) is 28.0 Å². The Bertz CT molecular complexity index is 936. The molecule has 0 atom stereocenters. The van der Waals surface area contributed by atoms with Crippen molar-refractivity contribution in [2.75, 3.05) is 20.3 Å². The Labute approximate surface area is 181 Å². The molecule has 1 amide bonds. The van der Waals surface area contributed by atoms with Crippen LogP contribution in [0.2, 0.25) is 0 Å². The SMILES string of the molecule is COc1ccc(C2(C(=O)N(Cc3ccsc3)Cc3ccccn3)CCOCC2)cc1. The lowest BCUT2D eigenvalue weighted by Gasteiger charge is -2.40. The van der Waals surface area contributed by atoms with E-state index >= 15 is 0 Å². The average molecular weight is 423 g/mol. The lowest BCUT2D eigenvalue weighted by molar-refractivity contribution is -0.142. The fraction of sp³-hybridized carbons (Fsp3) is 0.333. The van der Waals surface area contributed by atoms with Crippen LogP contribution in [0.25, 0.3) is 0 Å². The number of carbonyl (C=O) groups excluding carboxylic acids is 1. The van der Waals surface area contributed by atoms with E-state index in [-0.39, 0.29) is 5.91 Å². The van der Waals surface area contributed by atoms with Crippen molar-refractivity contribution in [1.29, 1.82) is 0 Å². The third-order valence-electron chi connectivity index (χ3n) is 5.72. The van der Waals surface area contributed by atoms with Crippen molar-refractivity contribution in [3.05, 3.63) is 82.3 Å². The number of rotatable bonds is 7. The minimum Gasteiger partial charge on any atom is -0.497 e. The number of aromatic nitrogens is 1. The van der Waals surface area contributed by atoms with Gasteiger partial charge in [-0.2, -0.15) is 11.3 Å². The first-order valence-electron chi connectivity index (χ1n) is 10.1. The molecule has 0 spiro atoms. The number of ether oxygens (including phenoxy) is 2. The maximum Gasteiger partial charge on any atom is 0.234 e. The Morgan fingerprint density at radius 1 is 1.13 bits per heavy atom. The molecule has 1 aliphatic rings. The lowest BCUT2D eigenvalue weighted by Crippen LogP contribution is -2.49. The zero-order valence-electron chi connectivity index (χ0n) is 17.1. The van der Waals surface area contributed by atoms with Gasteiger partial charge in [0, 0.05) is 26.0 Å². The van der Waals surface area contributed by atoms with E-state index in [9.17, 15) is 4.79 Å². The van der Waals surface area contributed by atoms with Gasteiger partial charge in [0.25, 0.3) is 0 Å². The molecule has 156 valence electrons. The quantitative estimate of drug-likeness (QED) is 0.565.